The Kier molecular flexibility index (Phi) is 8.35. The van der Waals surface area contributed by atoms with Crippen LogP contribution in [0.3, 0.4) is 0 Å². The van der Waals surface area contributed by atoms with E-state index in [1.165, 1.54) is 4.31 Å². The zero-order valence-electron chi connectivity index (χ0n) is 18.5. The lowest BCUT2D eigenvalue weighted by molar-refractivity contribution is -0.128. The van der Waals surface area contributed by atoms with Gasteiger partial charge in [-0.25, -0.2) is 8.42 Å². The van der Waals surface area contributed by atoms with Crippen molar-refractivity contribution in [2.75, 3.05) is 33.4 Å². The highest BCUT2D eigenvalue weighted by Crippen LogP contribution is 2.23. The van der Waals surface area contributed by atoms with Gasteiger partial charge in [-0.05, 0) is 67.8 Å². The van der Waals surface area contributed by atoms with Crippen LogP contribution in [0.2, 0.25) is 0 Å². The number of sulfonamides is 1. The van der Waals surface area contributed by atoms with Gasteiger partial charge in [0.15, 0.2) is 6.10 Å². The first-order chi connectivity index (χ1) is 15.4. The number of rotatable bonds is 11. The molecule has 0 saturated carbocycles. The number of benzene rings is 2. The van der Waals surface area contributed by atoms with Gasteiger partial charge in [-0.15, -0.1) is 0 Å². The van der Waals surface area contributed by atoms with Crippen molar-refractivity contribution in [3.05, 3.63) is 48.5 Å². The van der Waals surface area contributed by atoms with Crippen molar-refractivity contribution in [2.45, 2.75) is 37.2 Å². The minimum Gasteiger partial charge on any atom is -0.497 e. The maximum atomic E-state index is 12.6. The Morgan fingerprint density at radius 1 is 1.00 bits per heavy atom. The third-order valence-electron chi connectivity index (χ3n) is 5.20. The number of carbonyl (C=O) groups is 1. The Labute approximate surface area is 189 Å². The van der Waals surface area contributed by atoms with E-state index in [0.29, 0.717) is 43.3 Å². The standard InChI is InChI=1S/C23H30N2O6S/c1-3-22(31-20-8-6-18(29-2)7-9-20)23(26)24-14-17-30-19-10-12-21(13-11-19)32(27,28)25-15-4-5-16-25/h6-13,22H,3-5,14-17H2,1-2H3,(H,24,26). The molecule has 1 atom stereocenters. The normalized spacial score (nSPS) is 15.2. The molecule has 1 heterocycles. The summed E-state index contributed by atoms with van der Waals surface area (Å²) in [7, 11) is -1.85. The number of hydrogen-bond acceptors (Lipinski definition) is 6. The van der Waals surface area contributed by atoms with Crippen molar-refractivity contribution in [3.63, 3.8) is 0 Å². The first-order valence-electron chi connectivity index (χ1n) is 10.8. The minimum atomic E-state index is -3.43. The van der Waals surface area contributed by atoms with Crippen LogP contribution >= 0.6 is 0 Å². The van der Waals surface area contributed by atoms with Crippen molar-refractivity contribution in [1.29, 1.82) is 0 Å². The average molecular weight is 463 g/mol. The van der Waals surface area contributed by atoms with Crippen LogP contribution in [0.5, 0.6) is 17.2 Å². The highest BCUT2D eigenvalue weighted by molar-refractivity contribution is 7.89. The summed E-state index contributed by atoms with van der Waals surface area (Å²) in [4.78, 5) is 12.7. The molecule has 9 heteroatoms. The maximum Gasteiger partial charge on any atom is 0.261 e. The third-order valence-corrected chi connectivity index (χ3v) is 7.11. The summed E-state index contributed by atoms with van der Waals surface area (Å²) < 4.78 is 43.1. The van der Waals surface area contributed by atoms with E-state index in [9.17, 15) is 13.2 Å². The van der Waals surface area contributed by atoms with Gasteiger partial charge in [0, 0.05) is 13.1 Å². The van der Waals surface area contributed by atoms with Crippen LogP contribution in [0, 0.1) is 0 Å². The van der Waals surface area contributed by atoms with Crippen LogP contribution < -0.4 is 19.5 Å². The van der Waals surface area contributed by atoms with Crippen molar-refractivity contribution < 1.29 is 27.4 Å². The van der Waals surface area contributed by atoms with E-state index in [4.69, 9.17) is 14.2 Å². The molecule has 0 aromatic heterocycles. The Hall–Kier alpha value is -2.78. The maximum absolute atomic E-state index is 12.6. The Balaban J connectivity index is 1.44. The lowest BCUT2D eigenvalue weighted by atomic mass is 10.2. The van der Waals surface area contributed by atoms with E-state index in [1.54, 1.807) is 55.6 Å². The number of ether oxygens (including phenoxy) is 3. The molecule has 32 heavy (non-hydrogen) atoms. The Morgan fingerprint density at radius 3 is 2.19 bits per heavy atom. The SMILES string of the molecule is CCC(Oc1ccc(OC)cc1)C(=O)NCCOc1ccc(S(=O)(=O)N2CCCC2)cc1. The summed E-state index contributed by atoms with van der Waals surface area (Å²) >= 11 is 0. The topological polar surface area (TPSA) is 94.2 Å². The van der Waals surface area contributed by atoms with E-state index in [0.717, 1.165) is 12.8 Å². The van der Waals surface area contributed by atoms with E-state index >= 15 is 0 Å². The number of amides is 1. The number of carbonyl (C=O) groups excluding carboxylic acids is 1. The lowest BCUT2D eigenvalue weighted by Crippen LogP contribution is -2.39. The van der Waals surface area contributed by atoms with Crippen LogP contribution in [0.1, 0.15) is 26.2 Å². The molecule has 1 amide bonds. The van der Waals surface area contributed by atoms with Gasteiger partial charge in [-0.1, -0.05) is 6.92 Å². The molecule has 0 aliphatic carbocycles. The molecular formula is C23H30N2O6S. The molecular weight excluding hydrogens is 432 g/mol. The number of nitrogens with zero attached hydrogens (tertiary/aromatic N) is 1. The molecule has 2 aromatic carbocycles. The van der Waals surface area contributed by atoms with E-state index in [2.05, 4.69) is 5.32 Å². The summed E-state index contributed by atoms with van der Waals surface area (Å²) in [6.07, 6.45) is 1.70. The average Bonchev–Trinajstić information content (AvgIpc) is 3.37. The molecule has 3 rings (SSSR count). The summed E-state index contributed by atoms with van der Waals surface area (Å²) in [5, 5.41) is 2.80. The van der Waals surface area contributed by atoms with Crippen molar-refractivity contribution in [1.82, 2.24) is 9.62 Å². The predicted octanol–water partition coefficient (Wildman–Crippen LogP) is 2.83. The number of nitrogens with one attached hydrogen (secondary N) is 1. The van der Waals surface area contributed by atoms with Crippen molar-refractivity contribution in [2.24, 2.45) is 0 Å². The molecule has 1 fully saturated rings. The minimum absolute atomic E-state index is 0.223. The van der Waals surface area contributed by atoms with E-state index < -0.39 is 16.1 Å². The number of methoxy groups -OCH3 is 1. The summed E-state index contributed by atoms with van der Waals surface area (Å²) in [6, 6.07) is 13.4. The molecule has 8 nitrogen and oxygen atoms in total. The van der Waals surface area contributed by atoms with E-state index in [-0.39, 0.29) is 17.4 Å². The molecule has 0 bridgehead atoms. The largest absolute Gasteiger partial charge is 0.497 e. The van der Waals surface area contributed by atoms with Crippen LogP contribution in [0.15, 0.2) is 53.4 Å². The first kappa shape index (κ1) is 23.9. The highest BCUT2D eigenvalue weighted by atomic mass is 32.2. The van der Waals surface area contributed by atoms with Gasteiger partial charge < -0.3 is 19.5 Å². The molecule has 0 radical (unpaired) electrons. The van der Waals surface area contributed by atoms with Gasteiger partial charge in [-0.3, -0.25) is 4.79 Å². The first-order valence-corrected chi connectivity index (χ1v) is 12.2. The third kappa shape index (κ3) is 6.14. The smallest absolute Gasteiger partial charge is 0.261 e. The number of hydrogen-bond donors (Lipinski definition) is 1. The molecule has 1 aliphatic rings. The molecule has 2 aromatic rings. The van der Waals surface area contributed by atoms with Crippen molar-refractivity contribution >= 4 is 15.9 Å². The monoisotopic (exact) mass is 462 g/mol. The van der Waals surface area contributed by atoms with Gasteiger partial charge in [0.1, 0.15) is 23.9 Å². The summed E-state index contributed by atoms with van der Waals surface area (Å²) in [6.45, 7) is 3.57. The second-order valence-corrected chi connectivity index (χ2v) is 9.35. The molecule has 174 valence electrons. The molecule has 0 spiro atoms. The van der Waals surface area contributed by atoms with Crippen LogP contribution in [-0.2, 0) is 14.8 Å². The summed E-state index contributed by atoms with van der Waals surface area (Å²) in [5.74, 6) is 1.63. The fourth-order valence-electron chi connectivity index (χ4n) is 3.38. The predicted molar refractivity (Wildman–Crippen MR) is 121 cm³/mol. The Bertz CT molecular complexity index is 971. The van der Waals surface area contributed by atoms with Gasteiger partial charge in [0.05, 0.1) is 18.6 Å². The summed E-state index contributed by atoms with van der Waals surface area (Å²) in [5.41, 5.74) is 0. The van der Waals surface area contributed by atoms with Crippen molar-refractivity contribution in [3.8, 4) is 17.2 Å². The molecule has 1 saturated heterocycles. The molecule has 1 unspecified atom stereocenters. The van der Waals surface area contributed by atoms with Crippen LogP contribution in [0.4, 0.5) is 0 Å². The quantitative estimate of drug-likeness (QED) is 0.516. The van der Waals surface area contributed by atoms with Gasteiger partial charge in [0.25, 0.3) is 5.91 Å². The van der Waals surface area contributed by atoms with Gasteiger partial charge in [0.2, 0.25) is 10.0 Å². The second kappa shape index (κ2) is 11.2. The van der Waals surface area contributed by atoms with Gasteiger partial charge in [-0.2, -0.15) is 4.31 Å². The fraction of sp³-hybridized carbons (Fsp3) is 0.435. The molecule has 1 aliphatic heterocycles. The second-order valence-electron chi connectivity index (χ2n) is 7.41. The molecule has 1 N–H and O–H groups in total. The van der Waals surface area contributed by atoms with Crippen LogP contribution in [-0.4, -0.2) is 58.1 Å². The van der Waals surface area contributed by atoms with Gasteiger partial charge >= 0.3 is 0 Å². The van der Waals surface area contributed by atoms with Crippen LogP contribution in [0.25, 0.3) is 0 Å². The lowest BCUT2D eigenvalue weighted by Gasteiger charge is -2.18. The zero-order valence-corrected chi connectivity index (χ0v) is 19.3. The highest BCUT2D eigenvalue weighted by Gasteiger charge is 2.27. The Morgan fingerprint density at radius 2 is 1.59 bits per heavy atom. The van der Waals surface area contributed by atoms with E-state index in [1.807, 2.05) is 6.92 Å². The fourth-order valence-corrected chi connectivity index (χ4v) is 4.90. The zero-order chi connectivity index (χ0) is 23.0.